The second-order valence-electron chi connectivity index (χ2n) is 4.88. The molecule has 0 fully saturated rings. The maximum Gasteiger partial charge on any atom is 0.230 e. The van der Waals surface area contributed by atoms with Crippen LogP contribution in [0, 0.1) is 5.41 Å². The molecule has 0 heterocycles. The quantitative estimate of drug-likeness (QED) is 0.897. The Kier molecular flexibility index (Phi) is 5.06. The third-order valence-electron chi connectivity index (χ3n) is 3.22. The minimum absolute atomic E-state index is 0.0716. The molecule has 0 bridgehead atoms. The lowest BCUT2D eigenvalue weighted by molar-refractivity contribution is -0.124. The molecule has 106 valence electrons. The number of anilines is 1. The standard InChI is InChI=1S/C14H20ClNO3/c1-6-14(2,3)13(17)16-10-8-11(18-4)9(15)7-12(10)19-5/h7-8H,6H2,1-5H3,(H,16,17). The molecule has 0 saturated carbocycles. The number of carbonyl (C=O) groups is 1. The van der Waals surface area contributed by atoms with E-state index in [2.05, 4.69) is 5.32 Å². The Morgan fingerprint density at radius 1 is 1.26 bits per heavy atom. The Labute approximate surface area is 119 Å². The lowest BCUT2D eigenvalue weighted by Gasteiger charge is -2.22. The van der Waals surface area contributed by atoms with Gasteiger partial charge in [0.15, 0.2) is 0 Å². The maximum atomic E-state index is 12.2. The number of nitrogens with one attached hydrogen (secondary N) is 1. The van der Waals surface area contributed by atoms with Gasteiger partial charge in [-0.25, -0.2) is 0 Å². The summed E-state index contributed by atoms with van der Waals surface area (Å²) in [4.78, 5) is 12.2. The van der Waals surface area contributed by atoms with Crippen LogP contribution < -0.4 is 14.8 Å². The third-order valence-corrected chi connectivity index (χ3v) is 3.52. The van der Waals surface area contributed by atoms with Gasteiger partial charge in [-0.1, -0.05) is 32.4 Å². The van der Waals surface area contributed by atoms with Crippen LogP contribution in [0.5, 0.6) is 11.5 Å². The van der Waals surface area contributed by atoms with Crippen molar-refractivity contribution in [3.8, 4) is 11.5 Å². The smallest absolute Gasteiger partial charge is 0.230 e. The van der Waals surface area contributed by atoms with Gasteiger partial charge in [0.05, 0.1) is 24.9 Å². The Bertz CT molecular complexity index is 472. The zero-order valence-electron chi connectivity index (χ0n) is 12.0. The first-order valence-electron chi connectivity index (χ1n) is 6.08. The van der Waals surface area contributed by atoms with E-state index in [0.717, 1.165) is 6.42 Å². The van der Waals surface area contributed by atoms with Gasteiger partial charge in [0, 0.05) is 17.5 Å². The molecule has 0 atom stereocenters. The van der Waals surface area contributed by atoms with Crippen LogP contribution in [-0.2, 0) is 4.79 Å². The summed E-state index contributed by atoms with van der Waals surface area (Å²) in [6, 6.07) is 3.28. The summed E-state index contributed by atoms with van der Waals surface area (Å²) >= 11 is 6.02. The number of methoxy groups -OCH3 is 2. The van der Waals surface area contributed by atoms with Gasteiger partial charge in [0.2, 0.25) is 5.91 Å². The number of benzene rings is 1. The second kappa shape index (κ2) is 6.15. The summed E-state index contributed by atoms with van der Waals surface area (Å²) in [6.07, 6.45) is 0.742. The normalized spacial score (nSPS) is 11.1. The molecule has 0 spiro atoms. The van der Waals surface area contributed by atoms with Gasteiger partial charge in [-0.15, -0.1) is 0 Å². The number of halogens is 1. The number of amides is 1. The van der Waals surface area contributed by atoms with E-state index in [4.69, 9.17) is 21.1 Å². The van der Waals surface area contributed by atoms with Crippen molar-refractivity contribution >= 4 is 23.2 Å². The van der Waals surface area contributed by atoms with Crippen LogP contribution in [0.15, 0.2) is 12.1 Å². The lowest BCUT2D eigenvalue weighted by atomic mass is 9.89. The van der Waals surface area contributed by atoms with Gasteiger partial charge in [-0.05, 0) is 6.42 Å². The number of rotatable bonds is 5. The molecule has 1 amide bonds. The van der Waals surface area contributed by atoms with Gasteiger partial charge < -0.3 is 14.8 Å². The highest BCUT2D eigenvalue weighted by Gasteiger charge is 2.26. The zero-order valence-corrected chi connectivity index (χ0v) is 12.7. The van der Waals surface area contributed by atoms with E-state index < -0.39 is 5.41 Å². The molecular formula is C14H20ClNO3. The summed E-state index contributed by atoms with van der Waals surface area (Å²) in [5, 5.41) is 3.29. The van der Waals surface area contributed by atoms with Crippen molar-refractivity contribution in [2.75, 3.05) is 19.5 Å². The molecule has 1 N–H and O–H groups in total. The first kappa shape index (κ1) is 15.6. The van der Waals surface area contributed by atoms with E-state index in [1.54, 1.807) is 12.1 Å². The Morgan fingerprint density at radius 2 is 1.84 bits per heavy atom. The van der Waals surface area contributed by atoms with Crippen LogP contribution in [0.4, 0.5) is 5.69 Å². The molecule has 0 unspecified atom stereocenters. The van der Waals surface area contributed by atoms with E-state index >= 15 is 0 Å². The number of hydrogen-bond acceptors (Lipinski definition) is 3. The number of ether oxygens (including phenoxy) is 2. The Morgan fingerprint density at radius 3 is 2.32 bits per heavy atom. The highest BCUT2D eigenvalue weighted by atomic mass is 35.5. The first-order chi connectivity index (χ1) is 8.85. The van der Waals surface area contributed by atoms with Crippen LogP contribution in [0.1, 0.15) is 27.2 Å². The Balaban J connectivity index is 3.09. The van der Waals surface area contributed by atoms with Crippen LogP contribution in [0.2, 0.25) is 5.02 Å². The molecule has 0 aliphatic heterocycles. The predicted octanol–water partition coefficient (Wildman–Crippen LogP) is 3.73. The topological polar surface area (TPSA) is 47.6 Å². The van der Waals surface area contributed by atoms with Gasteiger partial charge in [-0.3, -0.25) is 4.79 Å². The molecule has 1 aromatic carbocycles. The highest BCUT2D eigenvalue weighted by molar-refractivity contribution is 6.32. The molecule has 19 heavy (non-hydrogen) atoms. The number of carbonyl (C=O) groups excluding carboxylic acids is 1. The number of hydrogen-bond donors (Lipinski definition) is 1. The molecule has 0 aliphatic rings. The molecule has 0 aliphatic carbocycles. The first-order valence-corrected chi connectivity index (χ1v) is 6.46. The molecule has 5 heteroatoms. The minimum atomic E-state index is -0.447. The molecule has 4 nitrogen and oxygen atoms in total. The van der Waals surface area contributed by atoms with E-state index in [1.807, 2.05) is 20.8 Å². The Hall–Kier alpha value is -1.42. The molecule has 1 rings (SSSR count). The van der Waals surface area contributed by atoms with E-state index in [1.165, 1.54) is 14.2 Å². The van der Waals surface area contributed by atoms with Crippen molar-refractivity contribution in [3.05, 3.63) is 17.2 Å². The van der Waals surface area contributed by atoms with Crippen molar-refractivity contribution < 1.29 is 14.3 Å². The van der Waals surface area contributed by atoms with Crippen molar-refractivity contribution in [2.45, 2.75) is 27.2 Å². The molecule has 0 aromatic heterocycles. The maximum absolute atomic E-state index is 12.2. The fourth-order valence-electron chi connectivity index (χ4n) is 1.41. The molecule has 0 saturated heterocycles. The summed E-state index contributed by atoms with van der Waals surface area (Å²) in [6.45, 7) is 5.75. The summed E-state index contributed by atoms with van der Waals surface area (Å²) in [5.41, 5.74) is 0.105. The van der Waals surface area contributed by atoms with E-state index in [-0.39, 0.29) is 5.91 Å². The zero-order chi connectivity index (χ0) is 14.6. The largest absolute Gasteiger partial charge is 0.495 e. The molecular weight excluding hydrogens is 266 g/mol. The van der Waals surface area contributed by atoms with Crippen LogP contribution in [-0.4, -0.2) is 20.1 Å². The van der Waals surface area contributed by atoms with E-state index in [0.29, 0.717) is 22.2 Å². The molecule has 1 aromatic rings. The fourth-order valence-corrected chi connectivity index (χ4v) is 1.64. The third kappa shape index (κ3) is 3.53. The summed E-state index contributed by atoms with van der Waals surface area (Å²) in [7, 11) is 3.05. The lowest BCUT2D eigenvalue weighted by Crippen LogP contribution is -2.30. The van der Waals surface area contributed by atoms with Crippen LogP contribution in [0.25, 0.3) is 0 Å². The van der Waals surface area contributed by atoms with Gasteiger partial charge in [0.1, 0.15) is 11.5 Å². The average Bonchev–Trinajstić information content (AvgIpc) is 2.39. The van der Waals surface area contributed by atoms with Crippen molar-refractivity contribution in [1.29, 1.82) is 0 Å². The predicted molar refractivity (Wildman–Crippen MR) is 77.3 cm³/mol. The SMILES string of the molecule is CCC(C)(C)C(=O)Nc1cc(OC)c(Cl)cc1OC. The van der Waals surface area contributed by atoms with Gasteiger partial charge in [0.25, 0.3) is 0 Å². The average molecular weight is 286 g/mol. The van der Waals surface area contributed by atoms with Crippen molar-refractivity contribution in [1.82, 2.24) is 0 Å². The van der Waals surface area contributed by atoms with Crippen LogP contribution >= 0.6 is 11.6 Å². The van der Waals surface area contributed by atoms with Crippen LogP contribution in [0.3, 0.4) is 0 Å². The monoisotopic (exact) mass is 285 g/mol. The second-order valence-corrected chi connectivity index (χ2v) is 5.29. The molecule has 0 radical (unpaired) electrons. The van der Waals surface area contributed by atoms with E-state index in [9.17, 15) is 4.79 Å². The van der Waals surface area contributed by atoms with Crippen molar-refractivity contribution in [2.24, 2.45) is 5.41 Å². The van der Waals surface area contributed by atoms with Gasteiger partial charge >= 0.3 is 0 Å². The highest BCUT2D eigenvalue weighted by Crippen LogP contribution is 2.36. The summed E-state index contributed by atoms with van der Waals surface area (Å²) in [5.74, 6) is 0.927. The summed E-state index contributed by atoms with van der Waals surface area (Å²) < 4.78 is 10.4. The fraction of sp³-hybridized carbons (Fsp3) is 0.500. The minimum Gasteiger partial charge on any atom is -0.495 e. The van der Waals surface area contributed by atoms with Crippen molar-refractivity contribution in [3.63, 3.8) is 0 Å². The van der Waals surface area contributed by atoms with Gasteiger partial charge in [-0.2, -0.15) is 0 Å².